The number of piperidine rings is 1. The van der Waals surface area contributed by atoms with Crippen molar-refractivity contribution in [1.82, 2.24) is 23.7 Å². The SMILES string of the molecule is COc1cc(C(=O)OC(=O)N([C@@H]2CCCNC2)C(C)(C)C)cc2nc(-c3cc4ccsc4n3S(=O)(=O)C3CC3)n(C)c12. The highest BCUT2D eigenvalue weighted by Crippen LogP contribution is 2.40. The summed E-state index contributed by atoms with van der Waals surface area (Å²) in [5.41, 5.74) is 0.998. The molecule has 6 rings (SSSR count). The second kappa shape index (κ2) is 10.4. The number of hydrogen-bond donors (Lipinski definition) is 1. The lowest BCUT2D eigenvalue weighted by Gasteiger charge is -2.42. The molecule has 1 aromatic carbocycles. The van der Waals surface area contributed by atoms with Crippen molar-refractivity contribution in [2.75, 3.05) is 20.2 Å². The van der Waals surface area contributed by atoms with Crippen LogP contribution in [0.15, 0.2) is 29.6 Å². The molecule has 0 radical (unpaired) electrons. The largest absolute Gasteiger partial charge is 0.494 e. The van der Waals surface area contributed by atoms with Crippen molar-refractivity contribution in [2.24, 2.45) is 7.05 Å². The Kier molecular flexibility index (Phi) is 7.09. The second-order valence-electron chi connectivity index (χ2n) is 12.0. The standard InChI is InChI=1S/C29H35N5O6S2/c1-29(2,3)33(19-7-6-11-30-16-19)28(36)40-27(35)18-13-21-24(23(15-18)39-5)32(4)25(31-21)22-14-17-10-12-41-26(17)34(22)42(37,38)20-8-9-20/h10,12-15,19-20,30H,6-9,11,16H2,1-5H3/t19-/m1/s1. The molecular formula is C29H35N5O6S2. The lowest BCUT2D eigenvalue weighted by molar-refractivity contribution is 0.0307. The fourth-order valence-electron chi connectivity index (χ4n) is 5.85. The molecule has 1 N–H and O–H groups in total. The van der Waals surface area contributed by atoms with Gasteiger partial charge in [-0.2, -0.15) is 0 Å². The highest BCUT2D eigenvalue weighted by Gasteiger charge is 2.40. The van der Waals surface area contributed by atoms with Gasteiger partial charge in [0.1, 0.15) is 21.8 Å². The zero-order valence-electron chi connectivity index (χ0n) is 24.3. The van der Waals surface area contributed by atoms with Crippen LogP contribution in [0.4, 0.5) is 4.79 Å². The summed E-state index contributed by atoms with van der Waals surface area (Å²) in [6.45, 7) is 7.28. The molecule has 1 amide bonds. The summed E-state index contributed by atoms with van der Waals surface area (Å²) >= 11 is 1.37. The highest BCUT2D eigenvalue weighted by molar-refractivity contribution is 7.91. The number of amides is 1. The van der Waals surface area contributed by atoms with Gasteiger partial charge in [0.25, 0.3) is 0 Å². The number of imidazole rings is 1. The number of methoxy groups -OCH3 is 1. The van der Waals surface area contributed by atoms with E-state index in [0.717, 1.165) is 24.8 Å². The summed E-state index contributed by atoms with van der Waals surface area (Å²) < 4.78 is 41.3. The van der Waals surface area contributed by atoms with Gasteiger partial charge in [0, 0.05) is 30.6 Å². The first-order valence-corrected chi connectivity index (χ1v) is 16.4. The number of ether oxygens (including phenoxy) is 2. The quantitative estimate of drug-likeness (QED) is 0.244. The molecular weight excluding hydrogens is 578 g/mol. The maximum Gasteiger partial charge on any atom is 0.418 e. The zero-order valence-corrected chi connectivity index (χ0v) is 26.0. The number of aromatic nitrogens is 3. The monoisotopic (exact) mass is 613 g/mol. The fraction of sp³-hybridized carbons (Fsp3) is 0.483. The summed E-state index contributed by atoms with van der Waals surface area (Å²) in [5, 5.41) is 5.59. The number of nitrogens with zero attached hydrogens (tertiary/aromatic N) is 4. The Morgan fingerprint density at radius 1 is 1.17 bits per heavy atom. The minimum atomic E-state index is -3.61. The van der Waals surface area contributed by atoms with Crippen LogP contribution in [0.25, 0.3) is 32.8 Å². The van der Waals surface area contributed by atoms with Crippen LogP contribution < -0.4 is 10.1 Å². The lowest BCUT2D eigenvalue weighted by Crippen LogP contribution is -2.56. The molecule has 2 fully saturated rings. The molecule has 224 valence electrons. The second-order valence-corrected chi connectivity index (χ2v) is 14.9. The van der Waals surface area contributed by atoms with Crippen LogP contribution in [-0.4, -0.2) is 75.9 Å². The van der Waals surface area contributed by atoms with Crippen LogP contribution in [0.1, 0.15) is 56.8 Å². The van der Waals surface area contributed by atoms with Gasteiger partial charge in [-0.15, -0.1) is 11.3 Å². The third-order valence-electron chi connectivity index (χ3n) is 7.92. The predicted octanol–water partition coefficient (Wildman–Crippen LogP) is 4.73. The van der Waals surface area contributed by atoms with Crippen molar-refractivity contribution < 1.29 is 27.5 Å². The first-order chi connectivity index (χ1) is 19.9. The molecule has 0 unspecified atom stereocenters. The van der Waals surface area contributed by atoms with Gasteiger partial charge in [0.15, 0.2) is 5.82 Å². The van der Waals surface area contributed by atoms with E-state index in [9.17, 15) is 18.0 Å². The van der Waals surface area contributed by atoms with E-state index in [-0.39, 0.29) is 11.6 Å². The van der Waals surface area contributed by atoms with Gasteiger partial charge in [-0.25, -0.2) is 27.0 Å². The molecule has 3 aromatic heterocycles. The van der Waals surface area contributed by atoms with Crippen molar-refractivity contribution in [3.05, 3.63) is 35.2 Å². The number of carbonyl (C=O) groups excluding carboxylic acids is 2. The van der Waals surface area contributed by atoms with E-state index in [2.05, 4.69) is 5.32 Å². The molecule has 42 heavy (non-hydrogen) atoms. The molecule has 1 saturated heterocycles. The number of fused-ring (bicyclic) bond motifs is 2. The first-order valence-electron chi connectivity index (χ1n) is 14.1. The van der Waals surface area contributed by atoms with Crippen molar-refractivity contribution in [3.8, 4) is 17.3 Å². The van der Waals surface area contributed by atoms with E-state index in [0.29, 0.717) is 52.5 Å². The van der Waals surface area contributed by atoms with E-state index in [1.807, 2.05) is 38.3 Å². The number of rotatable bonds is 6. The minimum absolute atomic E-state index is 0.0906. The van der Waals surface area contributed by atoms with Crippen LogP contribution in [0, 0.1) is 0 Å². The lowest BCUT2D eigenvalue weighted by atomic mass is 9.99. The summed E-state index contributed by atoms with van der Waals surface area (Å²) in [6, 6.07) is 6.69. The number of carbonyl (C=O) groups is 2. The van der Waals surface area contributed by atoms with E-state index < -0.39 is 32.9 Å². The van der Waals surface area contributed by atoms with Crippen LogP contribution in [-0.2, 0) is 21.8 Å². The highest BCUT2D eigenvalue weighted by atomic mass is 32.2. The van der Waals surface area contributed by atoms with Crippen molar-refractivity contribution >= 4 is 54.7 Å². The minimum Gasteiger partial charge on any atom is -0.494 e. The molecule has 1 aliphatic heterocycles. The average molecular weight is 614 g/mol. The van der Waals surface area contributed by atoms with E-state index >= 15 is 0 Å². The average Bonchev–Trinajstić information content (AvgIpc) is 3.49. The predicted molar refractivity (Wildman–Crippen MR) is 162 cm³/mol. The number of aryl methyl sites for hydroxylation is 1. The Hall–Kier alpha value is -3.42. The number of thiophene rings is 1. The Balaban J connectivity index is 1.38. The van der Waals surface area contributed by atoms with Crippen molar-refractivity contribution in [3.63, 3.8) is 0 Å². The van der Waals surface area contributed by atoms with E-state index in [1.54, 1.807) is 22.6 Å². The number of nitrogens with one attached hydrogen (secondary N) is 1. The smallest absolute Gasteiger partial charge is 0.418 e. The molecule has 4 heterocycles. The normalized spacial score (nSPS) is 18.0. The first kappa shape index (κ1) is 28.7. The van der Waals surface area contributed by atoms with Crippen LogP contribution in [0.5, 0.6) is 5.75 Å². The summed E-state index contributed by atoms with van der Waals surface area (Å²) in [4.78, 5) is 33.7. The van der Waals surface area contributed by atoms with Crippen LogP contribution in [0.2, 0.25) is 0 Å². The summed E-state index contributed by atoms with van der Waals surface area (Å²) in [6.07, 6.45) is 2.32. The van der Waals surface area contributed by atoms with Crippen molar-refractivity contribution in [2.45, 2.75) is 63.3 Å². The third-order valence-corrected chi connectivity index (χ3v) is 11.2. The Morgan fingerprint density at radius 3 is 2.57 bits per heavy atom. The molecule has 13 heteroatoms. The van der Waals surface area contributed by atoms with Gasteiger partial charge < -0.3 is 19.4 Å². The van der Waals surface area contributed by atoms with Gasteiger partial charge in [-0.3, -0.25) is 4.90 Å². The van der Waals surface area contributed by atoms with Gasteiger partial charge >= 0.3 is 12.1 Å². The van der Waals surface area contributed by atoms with E-state index in [4.69, 9.17) is 14.5 Å². The van der Waals surface area contributed by atoms with Gasteiger partial charge in [-0.1, -0.05) is 0 Å². The van der Waals surface area contributed by atoms with E-state index in [1.165, 1.54) is 28.5 Å². The summed E-state index contributed by atoms with van der Waals surface area (Å²) in [7, 11) is -0.348. The van der Waals surface area contributed by atoms with Crippen LogP contribution in [0.3, 0.4) is 0 Å². The maximum absolute atomic E-state index is 13.5. The number of hydrogen-bond acceptors (Lipinski definition) is 9. The Morgan fingerprint density at radius 2 is 1.93 bits per heavy atom. The Bertz CT molecular complexity index is 1800. The molecule has 1 atom stereocenters. The molecule has 11 nitrogen and oxygen atoms in total. The molecule has 1 aliphatic carbocycles. The summed E-state index contributed by atoms with van der Waals surface area (Å²) in [5.74, 6) is -0.0471. The molecule has 2 aliphatic rings. The molecule has 1 saturated carbocycles. The van der Waals surface area contributed by atoms with Crippen LogP contribution >= 0.6 is 11.3 Å². The van der Waals surface area contributed by atoms with Gasteiger partial charge in [0.05, 0.1) is 23.4 Å². The molecule has 0 spiro atoms. The third kappa shape index (κ3) is 4.86. The maximum atomic E-state index is 13.5. The molecule has 0 bridgehead atoms. The molecule has 4 aromatic rings. The van der Waals surface area contributed by atoms with Crippen molar-refractivity contribution in [1.29, 1.82) is 0 Å². The van der Waals surface area contributed by atoms with Gasteiger partial charge in [-0.05, 0) is 82.6 Å². The number of esters is 1. The topological polar surface area (TPSA) is 125 Å². The number of benzene rings is 1. The zero-order chi connectivity index (χ0) is 30.0. The Labute approximate surface area is 248 Å². The van der Waals surface area contributed by atoms with Gasteiger partial charge in [0.2, 0.25) is 10.0 Å². The fourth-order valence-corrected chi connectivity index (χ4v) is 8.87.